The second kappa shape index (κ2) is 7.96. The third-order valence-electron chi connectivity index (χ3n) is 2.97. The summed E-state index contributed by atoms with van der Waals surface area (Å²) in [6.45, 7) is 3.03. The third kappa shape index (κ3) is 4.90. The summed E-state index contributed by atoms with van der Waals surface area (Å²) in [5.41, 5.74) is 1.03. The van der Waals surface area contributed by atoms with E-state index >= 15 is 0 Å². The van der Waals surface area contributed by atoms with Crippen LogP contribution < -0.4 is 5.32 Å². The lowest BCUT2D eigenvalue weighted by Crippen LogP contribution is -2.41. The largest absolute Gasteiger partial charge is 0.378 e. The first-order valence-corrected chi connectivity index (χ1v) is 7.73. The number of hydrogen-bond acceptors (Lipinski definition) is 4. The van der Waals surface area contributed by atoms with Crippen molar-refractivity contribution in [2.45, 2.75) is 6.54 Å². The van der Waals surface area contributed by atoms with Crippen molar-refractivity contribution in [3.63, 3.8) is 0 Å². The van der Waals surface area contributed by atoms with E-state index in [9.17, 15) is 9.59 Å². The molecule has 1 fully saturated rings. The molecule has 0 aliphatic carbocycles. The number of rotatable bonds is 6. The maximum absolute atomic E-state index is 11.8. The summed E-state index contributed by atoms with van der Waals surface area (Å²) in [5.74, 6) is 0.681. The van der Waals surface area contributed by atoms with Crippen LogP contribution >= 0.6 is 11.8 Å². The van der Waals surface area contributed by atoms with Crippen molar-refractivity contribution >= 4 is 23.6 Å². The number of nitrogens with one attached hydrogen (secondary N) is 2. The summed E-state index contributed by atoms with van der Waals surface area (Å²) < 4.78 is 5.19. The summed E-state index contributed by atoms with van der Waals surface area (Å²) in [5, 5.41) is 2.81. The molecule has 2 heterocycles. The summed E-state index contributed by atoms with van der Waals surface area (Å²) in [4.78, 5) is 28.2. The van der Waals surface area contributed by atoms with Gasteiger partial charge in [0.1, 0.15) is 0 Å². The minimum atomic E-state index is -0.0500. The Balaban J connectivity index is 1.57. The van der Waals surface area contributed by atoms with Crippen LogP contribution in [0.4, 0.5) is 0 Å². The standard InChI is InChI=1S/C13H19N3O3S/c17-12(15-8-11-1-2-14-7-11)9-20-10-13(18)16-3-5-19-6-4-16/h1-2,7,14H,3-6,8-10H2,(H,15,17). The number of nitrogens with zero attached hydrogens (tertiary/aromatic N) is 1. The van der Waals surface area contributed by atoms with Crippen molar-refractivity contribution in [2.75, 3.05) is 37.8 Å². The minimum absolute atomic E-state index is 0.0500. The predicted molar refractivity (Wildman–Crippen MR) is 77.4 cm³/mol. The Morgan fingerprint density at radius 2 is 2.15 bits per heavy atom. The molecule has 0 bridgehead atoms. The first kappa shape index (κ1) is 14.9. The van der Waals surface area contributed by atoms with E-state index in [0.29, 0.717) is 44.4 Å². The Morgan fingerprint density at radius 1 is 1.35 bits per heavy atom. The summed E-state index contributed by atoms with van der Waals surface area (Å²) >= 11 is 1.35. The smallest absolute Gasteiger partial charge is 0.232 e. The van der Waals surface area contributed by atoms with Crippen LogP contribution in [0.25, 0.3) is 0 Å². The van der Waals surface area contributed by atoms with E-state index in [1.54, 1.807) is 4.90 Å². The van der Waals surface area contributed by atoms with E-state index in [-0.39, 0.29) is 11.8 Å². The van der Waals surface area contributed by atoms with Gasteiger partial charge in [0.15, 0.2) is 0 Å². The lowest BCUT2D eigenvalue weighted by molar-refractivity contribution is -0.132. The molecule has 0 saturated carbocycles. The fraction of sp³-hybridized carbons (Fsp3) is 0.538. The molecule has 2 amide bonds. The monoisotopic (exact) mass is 297 g/mol. The fourth-order valence-corrected chi connectivity index (χ4v) is 2.60. The van der Waals surface area contributed by atoms with Gasteiger partial charge in [-0.1, -0.05) is 0 Å². The third-order valence-corrected chi connectivity index (χ3v) is 3.89. The highest BCUT2D eigenvalue weighted by Crippen LogP contribution is 2.05. The van der Waals surface area contributed by atoms with E-state index in [0.717, 1.165) is 5.56 Å². The lowest BCUT2D eigenvalue weighted by Gasteiger charge is -2.26. The molecule has 6 nitrogen and oxygen atoms in total. The second-order valence-corrected chi connectivity index (χ2v) is 5.47. The van der Waals surface area contributed by atoms with E-state index in [2.05, 4.69) is 10.3 Å². The van der Waals surface area contributed by atoms with Gasteiger partial charge < -0.3 is 19.9 Å². The SMILES string of the molecule is O=C(CSCC(=O)N1CCOCC1)NCc1cc[nH]c1. The maximum atomic E-state index is 11.8. The molecule has 0 atom stereocenters. The first-order chi connectivity index (χ1) is 9.75. The van der Waals surface area contributed by atoms with Crippen molar-refractivity contribution in [1.82, 2.24) is 15.2 Å². The van der Waals surface area contributed by atoms with Crippen LogP contribution in [0.5, 0.6) is 0 Å². The minimum Gasteiger partial charge on any atom is -0.378 e. The number of thioether (sulfide) groups is 1. The Hall–Kier alpha value is -1.47. The van der Waals surface area contributed by atoms with E-state index in [4.69, 9.17) is 4.74 Å². The number of carbonyl (C=O) groups excluding carboxylic acids is 2. The van der Waals surface area contributed by atoms with Crippen molar-refractivity contribution in [3.8, 4) is 0 Å². The summed E-state index contributed by atoms with van der Waals surface area (Å²) in [6.07, 6.45) is 3.66. The van der Waals surface area contributed by atoms with Crippen molar-refractivity contribution in [3.05, 3.63) is 24.0 Å². The molecule has 1 aromatic rings. The number of aromatic amines is 1. The molecule has 0 aromatic carbocycles. The van der Waals surface area contributed by atoms with Gasteiger partial charge in [-0.15, -0.1) is 11.8 Å². The topological polar surface area (TPSA) is 74.4 Å². The average Bonchev–Trinajstić information content (AvgIpc) is 2.99. The number of ether oxygens (including phenoxy) is 1. The van der Waals surface area contributed by atoms with Crippen LogP contribution in [0, 0.1) is 0 Å². The molecule has 20 heavy (non-hydrogen) atoms. The number of aromatic nitrogens is 1. The first-order valence-electron chi connectivity index (χ1n) is 6.57. The predicted octanol–water partition coefficient (Wildman–Crippen LogP) is 0.223. The van der Waals surface area contributed by atoms with Gasteiger partial charge in [-0.05, 0) is 11.6 Å². The molecule has 1 aliphatic heterocycles. The Morgan fingerprint density at radius 3 is 2.85 bits per heavy atom. The van der Waals surface area contributed by atoms with Gasteiger partial charge >= 0.3 is 0 Å². The zero-order valence-electron chi connectivity index (χ0n) is 11.3. The van der Waals surface area contributed by atoms with Gasteiger partial charge in [-0.25, -0.2) is 0 Å². The molecule has 7 heteroatoms. The molecule has 1 aliphatic rings. The zero-order chi connectivity index (χ0) is 14.2. The van der Waals surface area contributed by atoms with Crippen LogP contribution in [-0.4, -0.2) is 59.5 Å². The molecule has 0 unspecified atom stereocenters. The molecule has 1 aromatic heterocycles. The lowest BCUT2D eigenvalue weighted by atomic mass is 10.3. The van der Waals surface area contributed by atoms with Gasteiger partial charge in [0, 0.05) is 32.0 Å². The summed E-state index contributed by atoms with van der Waals surface area (Å²) in [6, 6.07) is 1.91. The van der Waals surface area contributed by atoms with Crippen molar-refractivity contribution in [1.29, 1.82) is 0 Å². The van der Waals surface area contributed by atoms with Crippen LogP contribution in [-0.2, 0) is 20.9 Å². The van der Waals surface area contributed by atoms with Gasteiger partial charge in [0.25, 0.3) is 0 Å². The highest BCUT2D eigenvalue weighted by molar-refractivity contribution is 8.00. The number of amides is 2. The Labute approximate surface area is 122 Å². The van der Waals surface area contributed by atoms with Gasteiger partial charge in [0.2, 0.25) is 11.8 Å². The Kier molecular flexibility index (Phi) is 5.94. The zero-order valence-corrected chi connectivity index (χ0v) is 12.1. The Bertz CT molecular complexity index is 430. The molecular weight excluding hydrogens is 278 g/mol. The molecule has 2 rings (SSSR count). The normalized spacial score (nSPS) is 15.1. The highest BCUT2D eigenvalue weighted by Gasteiger charge is 2.16. The van der Waals surface area contributed by atoms with Gasteiger partial charge in [-0.3, -0.25) is 9.59 Å². The summed E-state index contributed by atoms with van der Waals surface area (Å²) in [7, 11) is 0. The molecule has 110 valence electrons. The van der Waals surface area contributed by atoms with Crippen molar-refractivity contribution in [2.24, 2.45) is 0 Å². The number of carbonyl (C=O) groups is 2. The van der Waals surface area contributed by atoms with Crippen LogP contribution in [0.3, 0.4) is 0 Å². The number of H-pyrrole nitrogens is 1. The molecule has 0 radical (unpaired) electrons. The second-order valence-electron chi connectivity index (χ2n) is 4.48. The van der Waals surface area contributed by atoms with Gasteiger partial charge in [0.05, 0.1) is 24.7 Å². The molecule has 0 spiro atoms. The highest BCUT2D eigenvalue weighted by atomic mass is 32.2. The van der Waals surface area contributed by atoms with Crippen LogP contribution in [0.15, 0.2) is 18.5 Å². The van der Waals surface area contributed by atoms with E-state index in [1.807, 2.05) is 18.5 Å². The van der Waals surface area contributed by atoms with Crippen LogP contribution in [0.2, 0.25) is 0 Å². The molecule has 1 saturated heterocycles. The molecular formula is C13H19N3O3S. The van der Waals surface area contributed by atoms with Crippen LogP contribution in [0.1, 0.15) is 5.56 Å². The van der Waals surface area contributed by atoms with E-state index < -0.39 is 0 Å². The maximum Gasteiger partial charge on any atom is 0.232 e. The average molecular weight is 297 g/mol. The quantitative estimate of drug-likeness (QED) is 0.788. The number of hydrogen-bond donors (Lipinski definition) is 2. The van der Waals surface area contributed by atoms with Gasteiger partial charge in [-0.2, -0.15) is 0 Å². The van der Waals surface area contributed by atoms with Crippen molar-refractivity contribution < 1.29 is 14.3 Å². The molecule has 2 N–H and O–H groups in total. The fourth-order valence-electron chi connectivity index (χ4n) is 1.86. The van der Waals surface area contributed by atoms with E-state index in [1.165, 1.54) is 11.8 Å². The number of morpholine rings is 1.